The Bertz CT molecular complexity index is 905. The molecule has 0 aromatic heterocycles. The Morgan fingerprint density at radius 1 is 1.03 bits per heavy atom. The molecule has 2 aromatic carbocycles. The molecular formula is C22H26N2O5. The summed E-state index contributed by atoms with van der Waals surface area (Å²) in [5, 5.41) is 6.81. The first-order valence-corrected chi connectivity index (χ1v) is 9.87. The third-order valence-electron chi connectivity index (χ3n) is 5.12. The molecule has 0 saturated heterocycles. The lowest BCUT2D eigenvalue weighted by Gasteiger charge is -2.23. The van der Waals surface area contributed by atoms with Crippen molar-refractivity contribution in [1.82, 2.24) is 10.6 Å². The van der Waals surface area contributed by atoms with E-state index in [1.165, 1.54) is 20.5 Å². The number of esters is 1. The van der Waals surface area contributed by atoms with E-state index in [-0.39, 0.29) is 11.6 Å². The van der Waals surface area contributed by atoms with Gasteiger partial charge in [-0.3, -0.25) is 10.1 Å². The van der Waals surface area contributed by atoms with E-state index in [4.69, 9.17) is 9.47 Å². The van der Waals surface area contributed by atoms with Gasteiger partial charge in [0.1, 0.15) is 11.3 Å². The zero-order chi connectivity index (χ0) is 20.8. The highest BCUT2D eigenvalue weighted by Gasteiger charge is 2.24. The molecule has 3 amide bonds. The second-order valence-corrected chi connectivity index (χ2v) is 7.24. The first-order chi connectivity index (χ1) is 14.0. The number of amides is 3. The molecule has 0 aliphatic heterocycles. The van der Waals surface area contributed by atoms with Gasteiger partial charge in [-0.25, -0.2) is 9.59 Å². The fourth-order valence-electron chi connectivity index (χ4n) is 3.51. The molecule has 0 unspecified atom stereocenters. The maximum atomic E-state index is 12.6. The van der Waals surface area contributed by atoms with Crippen LogP contribution in [-0.4, -0.2) is 37.2 Å². The van der Waals surface area contributed by atoms with Crippen LogP contribution in [0.5, 0.6) is 5.75 Å². The number of fused-ring (bicyclic) bond motifs is 1. The lowest BCUT2D eigenvalue weighted by molar-refractivity contribution is -0.127. The molecule has 1 atom stereocenters. The zero-order valence-corrected chi connectivity index (χ0v) is 16.7. The summed E-state index contributed by atoms with van der Waals surface area (Å²) in [5.74, 6) is -1.01. The van der Waals surface area contributed by atoms with Gasteiger partial charge in [0.2, 0.25) is 0 Å². The molecule has 0 heterocycles. The van der Waals surface area contributed by atoms with Crippen molar-refractivity contribution in [2.45, 2.75) is 51.2 Å². The third kappa shape index (κ3) is 5.25. The van der Waals surface area contributed by atoms with Gasteiger partial charge in [-0.15, -0.1) is 0 Å². The van der Waals surface area contributed by atoms with Crippen LogP contribution >= 0.6 is 0 Å². The fourth-order valence-corrected chi connectivity index (χ4v) is 3.51. The van der Waals surface area contributed by atoms with E-state index < -0.39 is 24.0 Å². The number of urea groups is 1. The van der Waals surface area contributed by atoms with E-state index in [0.717, 1.165) is 36.5 Å². The van der Waals surface area contributed by atoms with Gasteiger partial charge in [-0.1, -0.05) is 43.5 Å². The monoisotopic (exact) mass is 398 g/mol. The number of carbonyl (C=O) groups excluding carboxylic acids is 3. The van der Waals surface area contributed by atoms with E-state index in [1.807, 2.05) is 24.3 Å². The third-order valence-corrected chi connectivity index (χ3v) is 5.12. The molecule has 0 radical (unpaired) electrons. The van der Waals surface area contributed by atoms with Crippen molar-refractivity contribution in [2.75, 3.05) is 7.11 Å². The van der Waals surface area contributed by atoms with Crippen LogP contribution in [0.25, 0.3) is 10.8 Å². The Morgan fingerprint density at radius 3 is 2.34 bits per heavy atom. The number of hydrogen-bond donors (Lipinski definition) is 2. The Balaban J connectivity index is 1.61. The Hall–Kier alpha value is -3.09. The van der Waals surface area contributed by atoms with Gasteiger partial charge in [0, 0.05) is 6.04 Å². The van der Waals surface area contributed by atoms with Crippen molar-refractivity contribution < 1.29 is 23.9 Å². The molecule has 29 heavy (non-hydrogen) atoms. The van der Waals surface area contributed by atoms with Crippen LogP contribution in [0.1, 0.15) is 49.4 Å². The van der Waals surface area contributed by atoms with Crippen LogP contribution < -0.4 is 15.4 Å². The van der Waals surface area contributed by atoms with Crippen LogP contribution in [0.4, 0.5) is 4.79 Å². The highest BCUT2D eigenvalue weighted by atomic mass is 16.5. The molecule has 7 nitrogen and oxygen atoms in total. The van der Waals surface area contributed by atoms with Gasteiger partial charge in [-0.2, -0.15) is 0 Å². The molecule has 2 aromatic rings. The van der Waals surface area contributed by atoms with Gasteiger partial charge in [0.05, 0.1) is 7.11 Å². The molecule has 1 saturated carbocycles. The summed E-state index contributed by atoms with van der Waals surface area (Å²) in [6.07, 6.45) is 4.00. The van der Waals surface area contributed by atoms with Crippen LogP contribution in [0.15, 0.2) is 36.4 Å². The van der Waals surface area contributed by atoms with Crippen LogP contribution in [0.3, 0.4) is 0 Å². The van der Waals surface area contributed by atoms with E-state index in [0.29, 0.717) is 5.75 Å². The Morgan fingerprint density at radius 2 is 1.69 bits per heavy atom. The molecule has 0 spiro atoms. The molecule has 1 fully saturated rings. The second kappa shape index (κ2) is 9.41. The summed E-state index contributed by atoms with van der Waals surface area (Å²) in [5.41, 5.74) is 0.220. The number of ether oxygens (including phenoxy) is 2. The first kappa shape index (κ1) is 20.6. The van der Waals surface area contributed by atoms with Gasteiger partial charge in [0.25, 0.3) is 5.91 Å². The Kier molecular flexibility index (Phi) is 6.69. The summed E-state index contributed by atoms with van der Waals surface area (Å²) >= 11 is 0. The molecule has 2 N–H and O–H groups in total. The molecule has 1 aliphatic rings. The number of imide groups is 1. The largest absolute Gasteiger partial charge is 0.496 e. The maximum absolute atomic E-state index is 12.6. The van der Waals surface area contributed by atoms with Crippen LogP contribution in [-0.2, 0) is 9.53 Å². The smallest absolute Gasteiger partial charge is 0.342 e. The van der Waals surface area contributed by atoms with E-state index in [2.05, 4.69) is 10.6 Å². The molecular weight excluding hydrogens is 372 g/mol. The van der Waals surface area contributed by atoms with E-state index >= 15 is 0 Å². The standard InChI is InChI=1S/C22H26N2O5/c1-14(20(25)24-22(27)23-17-10-4-3-5-11-17)29-21(26)18-12-15-8-6-7-9-16(15)13-19(18)28-2/h6-9,12-14,17H,3-5,10-11H2,1-2H3,(H2,23,24,25,27)/t14-/m0/s1. The summed E-state index contributed by atoms with van der Waals surface area (Å²) in [4.78, 5) is 36.9. The zero-order valence-electron chi connectivity index (χ0n) is 16.7. The van der Waals surface area contributed by atoms with Crippen molar-refractivity contribution in [3.8, 4) is 5.75 Å². The van der Waals surface area contributed by atoms with E-state index in [9.17, 15) is 14.4 Å². The van der Waals surface area contributed by atoms with Gasteiger partial charge in [-0.05, 0) is 42.7 Å². The average molecular weight is 398 g/mol. The highest BCUT2D eigenvalue weighted by molar-refractivity contribution is 6.01. The predicted octanol–water partition coefficient (Wildman–Crippen LogP) is 3.55. The lowest BCUT2D eigenvalue weighted by Crippen LogP contribution is -2.48. The van der Waals surface area contributed by atoms with Crippen molar-refractivity contribution in [3.05, 3.63) is 42.0 Å². The lowest BCUT2D eigenvalue weighted by atomic mass is 9.96. The maximum Gasteiger partial charge on any atom is 0.342 e. The topological polar surface area (TPSA) is 93.7 Å². The van der Waals surface area contributed by atoms with Gasteiger partial charge in [0.15, 0.2) is 6.10 Å². The number of rotatable bonds is 5. The molecule has 7 heteroatoms. The summed E-state index contributed by atoms with van der Waals surface area (Å²) in [7, 11) is 1.46. The van der Waals surface area contributed by atoms with Crippen LogP contribution in [0, 0.1) is 0 Å². The second-order valence-electron chi connectivity index (χ2n) is 7.24. The number of methoxy groups -OCH3 is 1. The van der Waals surface area contributed by atoms with Crippen molar-refractivity contribution in [1.29, 1.82) is 0 Å². The number of nitrogens with one attached hydrogen (secondary N) is 2. The van der Waals surface area contributed by atoms with Gasteiger partial charge < -0.3 is 14.8 Å². The SMILES string of the molecule is COc1cc2ccccc2cc1C(=O)O[C@@H](C)C(=O)NC(=O)NC1CCCCC1. The minimum absolute atomic E-state index is 0.0799. The number of hydrogen-bond acceptors (Lipinski definition) is 5. The van der Waals surface area contributed by atoms with Gasteiger partial charge >= 0.3 is 12.0 Å². The fraction of sp³-hybridized carbons (Fsp3) is 0.409. The van der Waals surface area contributed by atoms with Crippen molar-refractivity contribution >= 4 is 28.7 Å². The molecule has 3 rings (SSSR count). The highest BCUT2D eigenvalue weighted by Crippen LogP contribution is 2.27. The number of carbonyl (C=O) groups is 3. The minimum Gasteiger partial charge on any atom is -0.496 e. The number of benzene rings is 2. The van der Waals surface area contributed by atoms with Crippen molar-refractivity contribution in [3.63, 3.8) is 0 Å². The summed E-state index contributed by atoms with van der Waals surface area (Å²) in [6.45, 7) is 1.43. The summed E-state index contributed by atoms with van der Waals surface area (Å²) in [6, 6.07) is 10.5. The van der Waals surface area contributed by atoms with Crippen molar-refractivity contribution in [2.24, 2.45) is 0 Å². The first-order valence-electron chi connectivity index (χ1n) is 9.87. The normalized spacial score (nSPS) is 15.4. The predicted molar refractivity (Wildman–Crippen MR) is 109 cm³/mol. The molecule has 0 bridgehead atoms. The quantitative estimate of drug-likeness (QED) is 0.751. The summed E-state index contributed by atoms with van der Waals surface area (Å²) < 4.78 is 10.6. The Labute approximate surface area is 169 Å². The minimum atomic E-state index is -1.13. The van der Waals surface area contributed by atoms with E-state index in [1.54, 1.807) is 12.1 Å². The molecule has 1 aliphatic carbocycles. The molecule has 154 valence electrons. The van der Waals surface area contributed by atoms with Crippen LogP contribution in [0.2, 0.25) is 0 Å². The average Bonchev–Trinajstić information content (AvgIpc) is 2.73.